The van der Waals surface area contributed by atoms with Gasteiger partial charge in [0.15, 0.2) is 0 Å². The first-order valence-electron chi connectivity index (χ1n) is 4.35. The third kappa shape index (κ3) is 2.40. The van der Waals surface area contributed by atoms with E-state index < -0.39 is 0 Å². The molecule has 0 radical (unpaired) electrons. The van der Waals surface area contributed by atoms with Gasteiger partial charge in [-0.3, -0.25) is 0 Å². The smallest absolute Gasteiger partial charge is 0.230 e. The summed E-state index contributed by atoms with van der Waals surface area (Å²) >= 11 is 1.70. The first-order chi connectivity index (χ1) is 6.84. The van der Waals surface area contributed by atoms with Crippen LogP contribution in [-0.4, -0.2) is 10.2 Å². The van der Waals surface area contributed by atoms with Gasteiger partial charge in [0.2, 0.25) is 11.8 Å². The largest absolute Gasteiger partial charge is 0.424 e. The number of aromatic nitrogens is 2. The highest BCUT2D eigenvalue weighted by Crippen LogP contribution is 2.05. The van der Waals surface area contributed by atoms with Crippen LogP contribution in [0.25, 0.3) is 0 Å². The minimum Gasteiger partial charge on any atom is -0.424 e. The molecule has 0 aliphatic heterocycles. The van der Waals surface area contributed by atoms with Crippen molar-refractivity contribution >= 4 is 11.3 Å². The molecule has 0 unspecified atom stereocenters. The van der Waals surface area contributed by atoms with E-state index in [0.717, 1.165) is 6.54 Å². The van der Waals surface area contributed by atoms with Crippen LogP contribution < -0.4 is 5.32 Å². The summed E-state index contributed by atoms with van der Waals surface area (Å²) < 4.78 is 5.22. The van der Waals surface area contributed by atoms with Crippen molar-refractivity contribution in [1.82, 2.24) is 15.5 Å². The van der Waals surface area contributed by atoms with Gasteiger partial charge < -0.3 is 9.73 Å². The van der Waals surface area contributed by atoms with Crippen molar-refractivity contribution in [3.8, 4) is 0 Å². The SMILES string of the molecule is Cc1nnc(CNCc2ccsc2)o1. The summed E-state index contributed by atoms with van der Waals surface area (Å²) in [6.07, 6.45) is 0. The number of nitrogens with one attached hydrogen (secondary N) is 1. The van der Waals surface area contributed by atoms with Crippen LogP contribution in [0.5, 0.6) is 0 Å². The predicted molar refractivity (Wildman–Crippen MR) is 53.9 cm³/mol. The lowest BCUT2D eigenvalue weighted by Crippen LogP contribution is -2.12. The number of nitrogens with zero attached hydrogens (tertiary/aromatic N) is 2. The molecule has 1 N–H and O–H groups in total. The normalized spacial score (nSPS) is 10.6. The second-order valence-corrected chi connectivity index (χ2v) is 3.73. The molecule has 5 heteroatoms. The highest BCUT2D eigenvalue weighted by molar-refractivity contribution is 7.07. The third-order valence-electron chi connectivity index (χ3n) is 1.75. The van der Waals surface area contributed by atoms with E-state index in [4.69, 9.17) is 4.42 Å². The molecule has 0 aliphatic carbocycles. The van der Waals surface area contributed by atoms with Crippen molar-refractivity contribution in [2.24, 2.45) is 0 Å². The van der Waals surface area contributed by atoms with Crippen molar-refractivity contribution in [1.29, 1.82) is 0 Å². The Balaban J connectivity index is 1.78. The standard InChI is InChI=1S/C9H11N3OS/c1-7-11-12-9(13-7)5-10-4-8-2-3-14-6-8/h2-3,6,10H,4-5H2,1H3. The fraction of sp³-hybridized carbons (Fsp3) is 0.333. The monoisotopic (exact) mass is 209 g/mol. The van der Waals surface area contributed by atoms with Gasteiger partial charge in [-0.25, -0.2) is 0 Å². The lowest BCUT2D eigenvalue weighted by Gasteiger charge is -1.97. The van der Waals surface area contributed by atoms with E-state index in [9.17, 15) is 0 Å². The van der Waals surface area contributed by atoms with Crippen LogP contribution >= 0.6 is 11.3 Å². The van der Waals surface area contributed by atoms with Crippen LogP contribution in [-0.2, 0) is 13.1 Å². The maximum Gasteiger partial charge on any atom is 0.230 e. The Morgan fingerprint density at radius 2 is 2.36 bits per heavy atom. The van der Waals surface area contributed by atoms with Crippen molar-refractivity contribution in [2.45, 2.75) is 20.0 Å². The molecule has 2 heterocycles. The van der Waals surface area contributed by atoms with Gasteiger partial charge in [0.25, 0.3) is 0 Å². The minimum absolute atomic E-state index is 0.609. The molecule has 2 aromatic rings. The van der Waals surface area contributed by atoms with Gasteiger partial charge in [-0.15, -0.1) is 10.2 Å². The fourth-order valence-corrected chi connectivity index (χ4v) is 1.78. The lowest BCUT2D eigenvalue weighted by molar-refractivity contribution is 0.447. The molecule has 0 bridgehead atoms. The maximum atomic E-state index is 5.22. The number of hydrogen-bond acceptors (Lipinski definition) is 5. The summed E-state index contributed by atoms with van der Waals surface area (Å²) in [5.74, 6) is 1.25. The molecule has 4 nitrogen and oxygen atoms in total. The first kappa shape index (κ1) is 9.36. The summed E-state index contributed by atoms with van der Waals surface area (Å²) in [5, 5.41) is 15.0. The Bertz CT molecular complexity index is 382. The average Bonchev–Trinajstić information content (AvgIpc) is 2.77. The number of thiophene rings is 1. The second-order valence-electron chi connectivity index (χ2n) is 2.95. The van der Waals surface area contributed by atoms with Gasteiger partial charge in [0.05, 0.1) is 6.54 Å². The highest BCUT2D eigenvalue weighted by Gasteiger charge is 2.00. The average molecular weight is 209 g/mol. The summed E-state index contributed by atoms with van der Waals surface area (Å²) in [6, 6.07) is 2.09. The Labute approximate surface area is 86.0 Å². The molecule has 0 spiro atoms. The van der Waals surface area contributed by atoms with Crippen LogP contribution in [0.4, 0.5) is 0 Å². The van der Waals surface area contributed by atoms with Gasteiger partial charge >= 0.3 is 0 Å². The zero-order valence-corrected chi connectivity index (χ0v) is 8.67. The van der Waals surface area contributed by atoms with Crippen molar-refractivity contribution in [3.05, 3.63) is 34.2 Å². The number of aryl methyl sites for hydroxylation is 1. The Kier molecular flexibility index (Phi) is 2.90. The Morgan fingerprint density at radius 3 is 3.00 bits per heavy atom. The zero-order valence-electron chi connectivity index (χ0n) is 7.86. The Morgan fingerprint density at radius 1 is 1.43 bits per heavy atom. The van der Waals surface area contributed by atoms with Gasteiger partial charge in [0.1, 0.15) is 0 Å². The van der Waals surface area contributed by atoms with Gasteiger partial charge in [-0.1, -0.05) is 0 Å². The lowest BCUT2D eigenvalue weighted by atomic mass is 10.3. The molecule has 0 saturated heterocycles. The number of hydrogen-bond donors (Lipinski definition) is 1. The van der Waals surface area contributed by atoms with Crippen molar-refractivity contribution in [2.75, 3.05) is 0 Å². The van der Waals surface area contributed by atoms with Gasteiger partial charge in [-0.2, -0.15) is 11.3 Å². The molecule has 0 saturated carbocycles. The predicted octanol–water partition coefficient (Wildman–Crippen LogP) is 1.73. The zero-order chi connectivity index (χ0) is 9.80. The second kappa shape index (κ2) is 4.34. The van der Waals surface area contributed by atoms with E-state index >= 15 is 0 Å². The number of rotatable bonds is 4. The summed E-state index contributed by atoms with van der Waals surface area (Å²) in [7, 11) is 0. The van der Waals surface area contributed by atoms with E-state index in [1.165, 1.54) is 5.56 Å². The first-order valence-corrected chi connectivity index (χ1v) is 5.29. The maximum absolute atomic E-state index is 5.22. The van der Waals surface area contributed by atoms with E-state index in [0.29, 0.717) is 18.3 Å². The van der Waals surface area contributed by atoms with Crippen molar-refractivity contribution in [3.63, 3.8) is 0 Å². The third-order valence-corrected chi connectivity index (χ3v) is 2.49. The quantitative estimate of drug-likeness (QED) is 0.833. The molecule has 2 aromatic heterocycles. The molecular formula is C9H11N3OS. The minimum atomic E-state index is 0.609. The van der Waals surface area contributed by atoms with Crippen LogP contribution in [0.3, 0.4) is 0 Å². The van der Waals surface area contributed by atoms with Gasteiger partial charge in [0, 0.05) is 13.5 Å². The molecule has 0 amide bonds. The molecule has 74 valence electrons. The van der Waals surface area contributed by atoms with Crippen LogP contribution in [0.2, 0.25) is 0 Å². The van der Waals surface area contributed by atoms with Crippen LogP contribution in [0.1, 0.15) is 17.3 Å². The van der Waals surface area contributed by atoms with Crippen LogP contribution in [0.15, 0.2) is 21.2 Å². The molecule has 0 atom stereocenters. The molecular weight excluding hydrogens is 198 g/mol. The molecule has 14 heavy (non-hydrogen) atoms. The summed E-state index contributed by atoms with van der Waals surface area (Å²) in [6.45, 7) is 3.25. The van der Waals surface area contributed by atoms with E-state index in [1.54, 1.807) is 18.3 Å². The highest BCUT2D eigenvalue weighted by atomic mass is 32.1. The molecule has 0 fully saturated rings. The van der Waals surface area contributed by atoms with E-state index in [2.05, 4.69) is 32.3 Å². The molecule has 0 aromatic carbocycles. The molecule has 0 aliphatic rings. The van der Waals surface area contributed by atoms with E-state index in [1.807, 2.05) is 0 Å². The topological polar surface area (TPSA) is 51.0 Å². The summed E-state index contributed by atoms with van der Waals surface area (Å²) in [4.78, 5) is 0. The van der Waals surface area contributed by atoms with Gasteiger partial charge in [-0.05, 0) is 22.4 Å². The fourth-order valence-electron chi connectivity index (χ4n) is 1.12. The molecule has 2 rings (SSSR count). The summed E-state index contributed by atoms with van der Waals surface area (Å²) in [5.41, 5.74) is 1.28. The van der Waals surface area contributed by atoms with E-state index in [-0.39, 0.29) is 0 Å². The van der Waals surface area contributed by atoms with Crippen molar-refractivity contribution < 1.29 is 4.42 Å². The Hall–Kier alpha value is -1.20. The van der Waals surface area contributed by atoms with Crippen LogP contribution in [0, 0.1) is 6.92 Å².